The van der Waals surface area contributed by atoms with Gasteiger partial charge in [-0.05, 0) is 69.8 Å². The van der Waals surface area contributed by atoms with E-state index in [0.717, 1.165) is 82.8 Å². The Morgan fingerprint density at radius 1 is 0.268 bits per heavy atom. The molecule has 0 spiro atoms. The third-order valence-electron chi connectivity index (χ3n) is 10.5. The van der Waals surface area contributed by atoms with Gasteiger partial charge in [0.1, 0.15) is 22.3 Å². The molecule has 8 aromatic carbocycles. The molecule has 0 aliphatic heterocycles. The summed E-state index contributed by atoms with van der Waals surface area (Å²) in [5.41, 5.74) is 12.7. The highest BCUT2D eigenvalue weighted by Crippen LogP contribution is 2.45. The third-order valence-corrected chi connectivity index (χ3v) is 10.5. The second-order valence-electron chi connectivity index (χ2n) is 14.0. The summed E-state index contributed by atoms with van der Waals surface area (Å²) in [6, 6.07) is 64.6. The average molecular weight is 718 g/mol. The molecule has 0 aliphatic rings. The number of nitrogens with zero attached hydrogens (tertiary/aromatic N) is 3. The Balaban J connectivity index is 1.08. The molecule has 0 radical (unpaired) electrons. The Labute approximate surface area is 322 Å². The highest BCUT2D eigenvalue weighted by atomic mass is 16.3. The number of hydrogen-bond donors (Lipinski definition) is 0. The van der Waals surface area contributed by atoms with Crippen molar-refractivity contribution in [2.24, 2.45) is 0 Å². The number of hydrogen-bond acceptors (Lipinski definition) is 5. The molecule has 0 fully saturated rings. The van der Waals surface area contributed by atoms with E-state index >= 15 is 0 Å². The molecule has 11 aromatic rings. The van der Waals surface area contributed by atoms with Crippen molar-refractivity contribution in [1.82, 2.24) is 15.0 Å². The van der Waals surface area contributed by atoms with Crippen LogP contribution in [0.25, 0.3) is 111 Å². The van der Waals surface area contributed by atoms with Gasteiger partial charge < -0.3 is 8.83 Å². The SMILES string of the molecule is c1ccc(-c2ccc(-c3cc(-c4cccc5oc6cc(-c7nc(-c8ccccc8)nc(-c8ccccc8)n7)ccc6c45)c4c(c3)oc3ccccc34)cc2)cc1. The van der Waals surface area contributed by atoms with Gasteiger partial charge in [0.25, 0.3) is 0 Å². The van der Waals surface area contributed by atoms with Gasteiger partial charge in [0, 0.05) is 38.2 Å². The third kappa shape index (κ3) is 5.45. The van der Waals surface area contributed by atoms with E-state index in [9.17, 15) is 0 Å². The van der Waals surface area contributed by atoms with E-state index in [1.165, 1.54) is 11.1 Å². The number of aromatic nitrogens is 3. The predicted octanol–water partition coefficient (Wildman–Crippen LogP) is 13.7. The Morgan fingerprint density at radius 3 is 1.41 bits per heavy atom. The fraction of sp³-hybridized carbons (Fsp3) is 0. The van der Waals surface area contributed by atoms with Crippen LogP contribution in [0.1, 0.15) is 0 Å². The molecule has 11 rings (SSSR count). The lowest BCUT2D eigenvalue weighted by Gasteiger charge is -2.11. The van der Waals surface area contributed by atoms with Gasteiger partial charge in [0.15, 0.2) is 17.5 Å². The van der Waals surface area contributed by atoms with Crippen molar-refractivity contribution in [2.75, 3.05) is 0 Å². The first kappa shape index (κ1) is 31.9. The van der Waals surface area contributed by atoms with Gasteiger partial charge in [0.2, 0.25) is 0 Å². The molecular formula is C51H31N3O2. The van der Waals surface area contributed by atoms with Crippen molar-refractivity contribution in [3.63, 3.8) is 0 Å². The molecule has 0 saturated carbocycles. The fourth-order valence-corrected chi connectivity index (χ4v) is 7.85. The van der Waals surface area contributed by atoms with Gasteiger partial charge in [-0.3, -0.25) is 0 Å². The van der Waals surface area contributed by atoms with Crippen molar-refractivity contribution in [1.29, 1.82) is 0 Å². The summed E-state index contributed by atoms with van der Waals surface area (Å²) in [7, 11) is 0. The van der Waals surface area contributed by atoms with Crippen LogP contribution in [0, 0.1) is 0 Å². The summed E-state index contributed by atoms with van der Waals surface area (Å²) in [6.07, 6.45) is 0. The van der Waals surface area contributed by atoms with E-state index in [1.54, 1.807) is 0 Å². The lowest BCUT2D eigenvalue weighted by Crippen LogP contribution is -2.00. The molecule has 0 bridgehead atoms. The molecule has 56 heavy (non-hydrogen) atoms. The largest absolute Gasteiger partial charge is 0.456 e. The van der Waals surface area contributed by atoms with Gasteiger partial charge in [-0.2, -0.15) is 0 Å². The molecule has 0 N–H and O–H groups in total. The van der Waals surface area contributed by atoms with Crippen LogP contribution in [0.4, 0.5) is 0 Å². The van der Waals surface area contributed by atoms with Crippen LogP contribution in [0.2, 0.25) is 0 Å². The first-order valence-corrected chi connectivity index (χ1v) is 18.7. The van der Waals surface area contributed by atoms with E-state index < -0.39 is 0 Å². The average Bonchev–Trinajstić information content (AvgIpc) is 3.85. The highest BCUT2D eigenvalue weighted by Gasteiger charge is 2.21. The Hall–Kier alpha value is -7.63. The Kier molecular flexibility index (Phi) is 7.42. The van der Waals surface area contributed by atoms with Crippen LogP contribution in [0.3, 0.4) is 0 Å². The first-order valence-electron chi connectivity index (χ1n) is 18.7. The summed E-state index contributed by atoms with van der Waals surface area (Å²) in [6.45, 7) is 0. The van der Waals surface area contributed by atoms with Crippen LogP contribution in [-0.4, -0.2) is 15.0 Å². The fourth-order valence-electron chi connectivity index (χ4n) is 7.85. The Bertz CT molecular complexity index is 3170. The summed E-state index contributed by atoms with van der Waals surface area (Å²) < 4.78 is 13.2. The minimum atomic E-state index is 0.581. The smallest absolute Gasteiger partial charge is 0.164 e. The monoisotopic (exact) mass is 717 g/mol. The van der Waals surface area contributed by atoms with Crippen molar-refractivity contribution in [3.05, 3.63) is 188 Å². The number of benzene rings is 8. The van der Waals surface area contributed by atoms with Crippen molar-refractivity contribution in [3.8, 4) is 67.5 Å². The van der Waals surface area contributed by atoms with Gasteiger partial charge in [0.05, 0.1) is 0 Å². The van der Waals surface area contributed by atoms with E-state index in [1.807, 2.05) is 91.0 Å². The zero-order chi connectivity index (χ0) is 37.0. The molecular weight excluding hydrogens is 687 g/mol. The lowest BCUT2D eigenvalue weighted by atomic mass is 9.91. The molecule has 5 heteroatoms. The van der Waals surface area contributed by atoms with E-state index in [2.05, 4.69) is 97.1 Å². The minimum absolute atomic E-state index is 0.581. The number of fused-ring (bicyclic) bond motifs is 6. The van der Waals surface area contributed by atoms with Crippen molar-refractivity contribution >= 4 is 43.9 Å². The zero-order valence-corrected chi connectivity index (χ0v) is 30.1. The first-order chi connectivity index (χ1) is 27.7. The number of para-hydroxylation sites is 1. The molecule has 0 saturated heterocycles. The maximum atomic E-state index is 6.66. The van der Waals surface area contributed by atoms with Crippen LogP contribution < -0.4 is 0 Å². The zero-order valence-electron chi connectivity index (χ0n) is 30.1. The second-order valence-corrected chi connectivity index (χ2v) is 14.0. The lowest BCUT2D eigenvalue weighted by molar-refractivity contribution is 0.668. The number of rotatable bonds is 6. The van der Waals surface area contributed by atoms with Crippen LogP contribution in [0.5, 0.6) is 0 Å². The molecule has 0 amide bonds. The van der Waals surface area contributed by atoms with Gasteiger partial charge in [-0.25, -0.2) is 15.0 Å². The van der Waals surface area contributed by atoms with Gasteiger partial charge in [-0.1, -0.05) is 152 Å². The predicted molar refractivity (Wildman–Crippen MR) is 227 cm³/mol. The molecule has 5 nitrogen and oxygen atoms in total. The van der Waals surface area contributed by atoms with E-state index in [-0.39, 0.29) is 0 Å². The second kappa shape index (κ2) is 13.0. The normalized spacial score (nSPS) is 11.6. The Morgan fingerprint density at radius 2 is 0.732 bits per heavy atom. The standard InChI is InChI=1S/C51H31N3O2/c1-4-13-32(14-5-1)33-23-25-34(26-24-33)38-29-42(48-40-19-10-11-21-43(40)55-46(48)31-38)39-20-12-22-44-47(39)41-28-27-37(30-45(41)56-44)51-53-49(35-15-6-2-7-16-35)52-50(54-51)36-17-8-3-9-18-36/h1-31H. The summed E-state index contributed by atoms with van der Waals surface area (Å²) in [4.78, 5) is 14.8. The van der Waals surface area contributed by atoms with Crippen molar-refractivity contribution < 1.29 is 8.83 Å². The van der Waals surface area contributed by atoms with E-state index in [0.29, 0.717) is 17.5 Å². The molecule has 0 aliphatic carbocycles. The quantitative estimate of drug-likeness (QED) is 0.171. The van der Waals surface area contributed by atoms with Crippen LogP contribution >= 0.6 is 0 Å². The molecule has 0 unspecified atom stereocenters. The molecule has 262 valence electrons. The summed E-state index contributed by atoms with van der Waals surface area (Å²) in [5.74, 6) is 1.82. The van der Waals surface area contributed by atoms with Crippen LogP contribution in [-0.2, 0) is 0 Å². The van der Waals surface area contributed by atoms with E-state index in [4.69, 9.17) is 23.8 Å². The van der Waals surface area contributed by atoms with Gasteiger partial charge >= 0.3 is 0 Å². The summed E-state index contributed by atoms with van der Waals surface area (Å²) in [5, 5.41) is 4.21. The van der Waals surface area contributed by atoms with Crippen LogP contribution in [0.15, 0.2) is 197 Å². The maximum Gasteiger partial charge on any atom is 0.164 e. The molecule has 0 atom stereocenters. The maximum absolute atomic E-state index is 6.66. The highest BCUT2D eigenvalue weighted by molar-refractivity contribution is 6.20. The number of furan rings is 2. The van der Waals surface area contributed by atoms with Crippen molar-refractivity contribution in [2.45, 2.75) is 0 Å². The topological polar surface area (TPSA) is 65.0 Å². The molecule has 3 heterocycles. The molecule has 3 aromatic heterocycles. The summed E-state index contributed by atoms with van der Waals surface area (Å²) >= 11 is 0. The van der Waals surface area contributed by atoms with Gasteiger partial charge in [-0.15, -0.1) is 0 Å². The minimum Gasteiger partial charge on any atom is -0.456 e.